The van der Waals surface area contributed by atoms with Gasteiger partial charge in [-0.05, 0) is 35.7 Å². The first-order valence-corrected chi connectivity index (χ1v) is 4.06. The topological polar surface area (TPSA) is 48.8 Å². The number of rotatable bonds is 3. The Morgan fingerprint density at radius 1 is 1.54 bits per heavy atom. The Kier molecular flexibility index (Phi) is 3.55. The summed E-state index contributed by atoms with van der Waals surface area (Å²) in [6, 6.07) is 4.12. The van der Waals surface area contributed by atoms with Crippen LogP contribution in [0.15, 0.2) is 23.3 Å². The molecule has 0 N–H and O–H groups in total. The Bertz CT molecular complexity index is 347. The van der Waals surface area contributed by atoms with E-state index < -0.39 is 0 Å². The summed E-state index contributed by atoms with van der Waals surface area (Å²) in [6.07, 6.45) is 0.459. The zero-order chi connectivity index (χ0) is 9.68. The maximum Gasteiger partial charge on any atom is 0.123 e. The lowest BCUT2D eigenvalue weighted by Gasteiger charge is -2.00. The molecule has 1 aromatic rings. The lowest BCUT2D eigenvalue weighted by atomic mass is 10.1. The van der Waals surface area contributed by atoms with Crippen molar-refractivity contribution in [2.24, 2.45) is 5.11 Å². The van der Waals surface area contributed by atoms with Crippen molar-refractivity contribution in [2.75, 3.05) is 6.54 Å². The molecule has 1 aromatic carbocycles. The average molecular weight is 200 g/mol. The molecule has 13 heavy (non-hydrogen) atoms. The van der Waals surface area contributed by atoms with E-state index in [1.807, 2.05) is 0 Å². The van der Waals surface area contributed by atoms with Crippen LogP contribution in [0.3, 0.4) is 0 Å². The molecule has 0 aromatic heterocycles. The number of hydrogen-bond donors (Lipinski definition) is 0. The molecule has 0 fully saturated rings. The summed E-state index contributed by atoms with van der Waals surface area (Å²) in [5.74, 6) is -0.333. The lowest BCUT2D eigenvalue weighted by molar-refractivity contribution is 0.625. The molecule has 0 saturated heterocycles. The number of halogens is 2. The van der Waals surface area contributed by atoms with Gasteiger partial charge >= 0.3 is 0 Å². The zero-order valence-corrected chi connectivity index (χ0v) is 7.50. The predicted molar refractivity (Wildman–Crippen MR) is 49.1 cm³/mol. The van der Waals surface area contributed by atoms with E-state index in [1.54, 1.807) is 0 Å². The van der Waals surface area contributed by atoms with Crippen LogP contribution in [0, 0.1) is 5.82 Å². The van der Waals surface area contributed by atoms with Gasteiger partial charge in [0.15, 0.2) is 0 Å². The molecule has 0 unspecified atom stereocenters. The van der Waals surface area contributed by atoms with Crippen molar-refractivity contribution in [3.05, 3.63) is 45.0 Å². The first-order chi connectivity index (χ1) is 6.24. The van der Waals surface area contributed by atoms with E-state index in [2.05, 4.69) is 10.0 Å². The number of hydrogen-bond acceptors (Lipinski definition) is 1. The molecule has 0 aliphatic carbocycles. The average Bonchev–Trinajstić information content (AvgIpc) is 2.11. The highest BCUT2D eigenvalue weighted by molar-refractivity contribution is 6.31. The van der Waals surface area contributed by atoms with Crippen LogP contribution in [0.2, 0.25) is 5.02 Å². The molecule has 0 saturated carbocycles. The molecule has 1 rings (SSSR count). The Morgan fingerprint density at radius 3 is 3.00 bits per heavy atom. The van der Waals surface area contributed by atoms with Gasteiger partial charge < -0.3 is 0 Å². The van der Waals surface area contributed by atoms with E-state index in [-0.39, 0.29) is 5.82 Å². The Balaban J connectivity index is 2.75. The minimum atomic E-state index is -0.333. The summed E-state index contributed by atoms with van der Waals surface area (Å²) >= 11 is 5.77. The van der Waals surface area contributed by atoms with Crippen molar-refractivity contribution in [1.29, 1.82) is 0 Å². The van der Waals surface area contributed by atoms with Crippen molar-refractivity contribution in [3.8, 4) is 0 Å². The van der Waals surface area contributed by atoms with Crippen molar-refractivity contribution >= 4 is 11.6 Å². The van der Waals surface area contributed by atoms with E-state index in [0.29, 0.717) is 23.6 Å². The molecule has 0 radical (unpaired) electrons. The fraction of sp³-hybridized carbons (Fsp3) is 0.250. The van der Waals surface area contributed by atoms with Gasteiger partial charge in [-0.15, -0.1) is 0 Å². The summed E-state index contributed by atoms with van der Waals surface area (Å²) < 4.78 is 12.7. The Morgan fingerprint density at radius 2 is 2.31 bits per heavy atom. The lowest BCUT2D eigenvalue weighted by Crippen LogP contribution is -1.90. The van der Waals surface area contributed by atoms with Gasteiger partial charge in [-0.1, -0.05) is 16.7 Å². The van der Waals surface area contributed by atoms with Crippen LogP contribution in [0.1, 0.15) is 5.56 Å². The summed E-state index contributed by atoms with van der Waals surface area (Å²) in [5, 5.41) is 3.83. The van der Waals surface area contributed by atoms with E-state index in [4.69, 9.17) is 17.1 Å². The molecule has 0 amide bonds. The highest BCUT2D eigenvalue weighted by Crippen LogP contribution is 2.17. The molecule has 0 aliphatic rings. The van der Waals surface area contributed by atoms with E-state index in [1.165, 1.54) is 18.2 Å². The molecule has 5 heteroatoms. The largest absolute Gasteiger partial charge is 0.207 e. The van der Waals surface area contributed by atoms with Gasteiger partial charge in [0.1, 0.15) is 5.82 Å². The fourth-order valence-corrected chi connectivity index (χ4v) is 1.16. The van der Waals surface area contributed by atoms with Gasteiger partial charge in [0.05, 0.1) is 0 Å². The van der Waals surface area contributed by atoms with E-state index in [0.717, 1.165) is 0 Å². The number of benzene rings is 1. The molecule has 68 valence electrons. The summed E-state index contributed by atoms with van der Waals surface area (Å²) in [4.78, 5) is 2.59. The van der Waals surface area contributed by atoms with E-state index >= 15 is 0 Å². The minimum Gasteiger partial charge on any atom is -0.207 e. The van der Waals surface area contributed by atoms with Gasteiger partial charge in [0.25, 0.3) is 0 Å². The maximum absolute atomic E-state index is 12.7. The molecule has 0 atom stereocenters. The number of azide groups is 1. The van der Waals surface area contributed by atoms with Crippen LogP contribution in [0.25, 0.3) is 10.4 Å². The monoisotopic (exact) mass is 199 g/mol. The normalized spacial score (nSPS) is 9.38. The van der Waals surface area contributed by atoms with Crippen LogP contribution in [-0.4, -0.2) is 6.54 Å². The number of nitrogens with zero attached hydrogens (tertiary/aromatic N) is 3. The second-order valence-corrected chi connectivity index (χ2v) is 2.85. The maximum atomic E-state index is 12.7. The first-order valence-electron chi connectivity index (χ1n) is 3.69. The highest BCUT2D eigenvalue weighted by Gasteiger charge is 2.00. The minimum absolute atomic E-state index is 0.291. The molecular formula is C8H7ClFN3. The van der Waals surface area contributed by atoms with Crippen molar-refractivity contribution in [3.63, 3.8) is 0 Å². The van der Waals surface area contributed by atoms with Crippen molar-refractivity contribution < 1.29 is 4.39 Å². The Labute approximate surface area is 79.8 Å². The third-order valence-electron chi connectivity index (χ3n) is 1.55. The SMILES string of the molecule is [N-]=[N+]=NCCc1cc(F)ccc1Cl. The summed E-state index contributed by atoms with van der Waals surface area (Å²) in [6.45, 7) is 0.291. The van der Waals surface area contributed by atoms with Gasteiger partial charge in [-0.3, -0.25) is 0 Å². The highest BCUT2D eigenvalue weighted by atomic mass is 35.5. The van der Waals surface area contributed by atoms with Gasteiger partial charge in [0.2, 0.25) is 0 Å². The second-order valence-electron chi connectivity index (χ2n) is 2.44. The Hall–Kier alpha value is -1.25. The predicted octanol–water partition coefficient (Wildman–Crippen LogP) is 3.33. The summed E-state index contributed by atoms with van der Waals surface area (Å²) in [7, 11) is 0. The third kappa shape index (κ3) is 2.93. The van der Waals surface area contributed by atoms with Gasteiger partial charge in [-0.2, -0.15) is 0 Å². The molecule has 0 aliphatic heterocycles. The van der Waals surface area contributed by atoms with E-state index in [9.17, 15) is 4.39 Å². The second kappa shape index (κ2) is 4.70. The van der Waals surface area contributed by atoms with Crippen LogP contribution in [-0.2, 0) is 6.42 Å². The molecule has 0 spiro atoms. The zero-order valence-electron chi connectivity index (χ0n) is 6.74. The van der Waals surface area contributed by atoms with Crippen LogP contribution in [0.5, 0.6) is 0 Å². The molecule has 0 heterocycles. The quantitative estimate of drug-likeness (QED) is 0.407. The smallest absolute Gasteiger partial charge is 0.123 e. The van der Waals surface area contributed by atoms with Gasteiger partial charge in [-0.25, -0.2) is 4.39 Å². The third-order valence-corrected chi connectivity index (χ3v) is 1.92. The van der Waals surface area contributed by atoms with Crippen LogP contribution in [0.4, 0.5) is 4.39 Å². The van der Waals surface area contributed by atoms with Gasteiger partial charge in [0, 0.05) is 16.5 Å². The van der Waals surface area contributed by atoms with Crippen molar-refractivity contribution in [1.82, 2.24) is 0 Å². The molecule has 0 bridgehead atoms. The van der Waals surface area contributed by atoms with Crippen molar-refractivity contribution in [2.45, 2.75) is 6.42 Å². The van der Waals surface area contributed by atoms with Crippen LogP contribution < -0.4 is 0 Å². The molecule has 3 nitrogen and oxygen atoms in total. The van der Waals surface area contributed by atoms with Crippen LogP contribution >= 0.6 is 11.6 Å². The first kappa shape index (κ1) is 9.84. The summed E-state index contributed by atoms with van der Waals surface area (Å²) in [5.41, 5.74) is 8.68. The standard InChI is InChI=1S/C8H7ClFN3/c9-8-2-1-7(10)5-6(8)3-4-12-13-11/h1-2,5H,3-4H2. The molecular weight excluding hydrogens is 193 g/mol. The fourth-order valence-electron chi connectivity index (χ4n) is 0.950.